The van der Waals surface area contributed by atoms with E-state index >= 15 is 0 Å². The fourth-order valence-corrected chi connectivity index (χ4v) is 4.06. The number of hydrogen-bond donors (Lipinski definition) is 2. The van der Waals surface area contributed by atoms with Crippen molar-refractivity contribution in [2.45, 2.75) is 6.42 Å². The van der Waals surface area contributed by atoms with Crippen LogP contribution in [0.1, 0.15) is 16.8 Å². The average Bonchev–Trinajstić information content (AvgIpc) is 2.65. The van der Waals surface area contributed by atoms with Gasteiger partial charge in [-0.3, -0.25) is 0 Å². The molecular weight excluding hydrogens is 292 g/mol. The van der Waals surface area contributed by atoms with Gasteiger partial charge in [-0.05, 0) is 24.5 Å². The Labute approximate surface area is 115 Å². The van der Waals surface area contributed by atoms with Crippen molar-refractivity contribution in [1.82, 2.24) is 4.98 Å². The van der Waals surface area contributed by atoms with Crippen molar-refractivity contribution in [2.75, 3.05) is 23.4 Å². The Bertz CT molecular complexity index is 603. The molecule has 6 nitrogen and oxygen atoms in total. The van der Waals surface area contributed by atoms with Crippen molar-refractivity contribution in [3.05, 3.63) is 22.8 Å². The quantitative estimate of drug-likeness (QED) is 0.813. The number of rotatable bonds is 4. The monoisotopic (exact) mass is 304 g/mol. The minimum absolute atomic E-state index is 0.0269. The molecule has 0 bridgehead atoms. The first-order chi connectivity index (χ1) is 8.85. The number of carbonyl (C=O) groups is 1. The van der Waals surface area contributed by atoms with Crippen LogP contribution in [0.4, 0.5) is 5.82 Å². The maximum absolute atomic E-state index is 11.3. The molecule has 0 aliphatic carbocycles. The van der Waals surface area contributed by atoms with E-state index < -0.39 is 15.8 Å². The van der Waals surface area contributed by atoms with Gasteiger partial charge in [-0.25, -0.2) is 18.2 Å². The number of hydrogen-bond acceptors (Lipinski definition) is 5. The Morgan fingerprint density at radius 3 is 2.84 bits per heavy atom. The van der Waals surface area contributed by atoms with E-state index in [0.717, 1.165) is 0 Å². The Morgan fingerprint density at radius 2 is 2.26 bits per heavy atom. The third kappa shape index (κ3) is 3.81. The second kappa shape index (κ2) is 5.34. The van der Waals surface area contributed by atoms with E-state index in [9.17, 15) is 13.2 Å². The van der Waals surface area contributed by atoms with E-state index in [0.29, 0.717) is 18.8 Å². The summed E-state index contributed by atoms with van der Waals surface area (Å²) in [4.78, 5) is 14.8. The summed E-state index contributed by atoms with van der Waals surface area (Å²) < 4.78 is 22.6. The van der Waals surface area contributed by atoms with E-state index in [-0.39, 0.29) is 28.1 Å². The average molecular weight is 305 g/mol. The van der Waals surface area contributed by atoms with Gasteiger partial charge < -0.3 is 10.4 Å². The molecule has 19 heavy (non-hydrogen) atoms. The molecule has 1 fully saturated rings. The Kier molecular flexibility index (Phi) is 3.96. The van der Waals surface area contributed by atoms with Crippen LogP contribution in [0.2, 0.25) is 5.15 Å². The molecule has 1 aromatic heterocycles. The van der Waals surface area contributed by atoms with Gasteiger partial charge in [0.15, 0.2) is 9.84 Å². The van der Waals surface area contributed by atoms with E-state index in [1.165, 1.54) is 12.1 Å². The number of pyridine rings is 1. The molecule has 2 heterocycles. The summed E-state index contributed by atoms with van der Waals surface area (Å²) in [7, 11) is -2.91. The van der Waals surface area contributed by atoms with Gasteiger partial charge in [0.05, 0.1) is 17.1 Å². The molecule has 2 rings (SSSR count). The number of sulfone groups is 1. The molecule has 1 aliphatic rings. The van der Waals surface area contributed by atoms with Crippen LogP contribution in [-0.4, -0.2) is 42.5 Å². The predicted molar refractivity (Wildman–Crippen MR) is 71.5 cm³/mol. The van der Waals surface area contributed by atoms with Crippen molar-refractivity contribution >= 4 is 33.2 Å². The lowest BCUT2D eigenvalue weighted by molar-refractivity contribution is 0.0697. The largest absolute Gasteiger partial charge is 0.478 e. The molecule has 0 aromatic carbocycles. The zero-order valence-electron chi connectivity index (χ0n) is 9.97. The highest BCUT2D eigenvalue weighted by atomic mass is 35.5. The molecule has 0 radical (unpaired) electrons. The van der Waals surface area contributed by atoms with Gasteiger partial charge in [0.2, 0.25) is 0 Å². The van der Waals surface area contributed by atoms with Crippen LogP contribution in [0.3, 0.4) is 0 Å². The van der Waals surface area contributed by atoms with Crippen LogP contribution in [0.5, 0.6) is 0 Å². The third-order valence-corrected chi connectivity index (χ3v) is 4.97. The number of nitrogens with one attached hydrogen (secondary N) is 1. The maximum atomic E-state index is 11.3. The molecular formula is C11H13ClN2O4S. The highest BCUT2D eigenvalue weighted by Crippen LogP contribution is 2.20. The van der Waals surface area contributed by atoms with Crippen LogP contribution in [0.15, 0.2) is 12.1 Å². The summed E-state index contributed by atoms with van der Waals surface area (Å²) in [6.07, 6.45) is 0.613. The van der Waals surface area contributed by atoms with E-state index in [1.54, 1.807) is 0 Å². The highest BCUT2D eigenvalue weighted by molar-refractivity contribution is 7.91. The first kappa shape index (κ1) is 14.1. The molecule has 1 aliphatic heterocycles. The molecule has 104 valence electrons. The zero-order chi connectivity index (χ0) is 14.0. The van der Waals surface area contributed by atoms with E-state index in [2.05, 4.69) is 10.3 Å². The first-order valence-corrected chi connectivity index (χ1v) is 7.91. The van der Waals surface area contributed by atoms with Crippen LogP contribution < -0.4 is 5.32 Å². The number of aromatic carboxylic acids is 1. The zero-order valence-corrected chi connectivity index (χ0v) is 11.5. The van der Waals surface area contributed by atoms with E-state index in [4.69, 9.17) is 16.7 Å². The maximum Gasteiger partial charge on any atom is 0.335 e. The topological polar surface area (TPSA) is 96.4 Å². The van der Waals surface area contributed by atoms with Crippen LogP contribution >= 0.6 is 11.6 Å². The van der Waals surface area contributed by atoms with Gasteiger partial charge in [0.1, 0.15) is 11.0 Å². The van der Waals surface area contributed by atoms with Gasteiger partial charge in [0.25, 0.3) is 0 Å². The summed E-state index contributed by atoms with van der Waals surface area (Å²) in [5.41, 5.74) is 0.0431. The fourth-order valence-electron chi connectivity index (χ4n) is 1.99. The molecule has 1 aromatic rings. The number of aromatic nitrogens is 1. The van der Waals surface area contributed by atoms with Crippen molar-refractivity contribution in [1.29, 1.82) is 0 Å². The second-order valence-corrected chi connectivity index (χ2v) is 7.13. The van der Waals surface area contributed by atoms with E-state index in [1.807, 2.05) is 0 Å². The summed E-state index contributed by atoms with van der Waals surface area (Å²) >= 11 is 5.72. The molecule has 0 amide bonds. The van der Waals surface area contributed by atoms with Gasteiger partial charge in [-0.2, -0.15) is 0 Å². The number of anilines is 1. The van der Waals surface area contributed by atoms with Gasteiger partial charge >= 0.3 is 5.97 Å². The van der Waals surface area contributed by atoms with Gasteiger partial charge in [0, 0.05) is 6.54 Å². The summed E-state index contributed by atoms with van der Waals surface area (Å²) in [5.74, 6) is -0.348. The lowest BCUT2D eigenvalue weighted by atomic mass is 10.1. The lowest BCUT2D eigenvalue weighted by Crippen LogP contribution is -2.16. The first-order valence-electron chi connectivity index (χ1n) is 5.71. The normalized spacial score (nSPS) is 21.2. The summed E-state index contributed by atoms with van der Waals surface area (Å²) in [6, 6.07) is 2.63. The standard InChI is InChI=1S/C11H13ClN2O4S/c12-9-3-8(11(15)16)4-10(14-9)13-5-7-1-2-19(17,18)6-7/h3-4,7H,1-2,5-6H2,(H,13,14)(H,15,16). The van der Waals surface area contributed by atoms with Crippen molar-refractivity contribution in [2.24, 2.45) is 5.92 Å². The highest BCUT2D eigenvalue weighted by Gasteiger charge is 2.27. The van der Waals surface area contributed by atoms with Crippen molar-refractivity contribution < 1.29 is 18.3 Å². The SMILES string of the molecule is O=C(O)c1cc(Cl)nc(NCC2CCS(=O)(=O)C2)c1. The Hall–Kier alpha value is -1.34. The molecule has 8 heteroatoms. The molecule has 1 atom stereocenters. The lowest BCUT2D eigenvalue weighted by Gasteiger charge is -2.10. The Balaban J connectivity index is 2.02. The molecule has 0 spiro atoms. The molecule has 0 saturated carbocycles. The van der Waals surface area contributed by atoms with Gasteiger partial charge in [-0.1, -0.05) is 11.6 Å². The van der Waals surface area contributed by atoms with Crippen molar-refractivity contribution in [3.63, 3.8) is 0 Å². The minimum Gasteiger partial charge on any atom is -0.478 e. The number of nitrogens with zero attached hydrogens (tertiary/aromatic N) is 1. The molecule has 1 unspecified atom stereocenters. The summed E-state index contributed by atoms with van der Waals surface area (Å²) in [5, 5.41) is 11.9. The smallest absolute Gasteiger partial charge is 0.335 e. The van der Waals surface area contributed by atoms with Crippen LogP contribution in [-0.2, 0) is 9.84 Å². The summed E-state index contributed by atoms with van der Waals surface area (Å²) in [6.45, 7) is 0.436. The van der Waals surface area contributed by atoms with Gasteiger partial charge in [-0.15, -0.1) is 0 Å². The number of halogens is 1. The molecule has 2 N–H and O–H groups in total. The minimum atomic E-state index is -2.91. The number of carboxylic acid groups (broad SMARTS) is 1. The number of carboxylic acids is 1. The third-order valence-electron chi connectivity index (χ3n) is 2.94. The second-order valence-electron chi connectivity index (χ2n) is 4.52. The fraction of sp³-hybridized carbons (Fsp3) is 0.455. The van der Waals surface area contributed by atoms with Crippen molar-refractivity contribution in [3.8, 4) is 0 Å². The molecule has 1 saturated heterocycles. The van der Waals surface area contributed by atoms with Crippen LogP contribution in [0, 0.1) is 5.92 Å². The Morgan fingerprint density at radius 1 is 1.53 bits per heavy atom. The van der Waals surface area contributed by atoms with Crippen LogP contribution in [0.25, 0.3) is 0 Å². The predicted octanol–water partition coefficient (Wildman–Crippen LogP) is 1.28.